The van der Waals surface area contributed by atoms with Crippen molar-refractivity contribution in [1.82, 2.24) is 10.3 Å². The van der Waals surface area contributed by atoms with Gasteiger partial charge in [0.05, 0.1) is 18.4 Å². The van der Waals surface area contributed by atoms with Crippen LogP contribution in [-0.4, -0.2) is 17.6 Å². The molecule has 1 atom stereocenters. The first-order valence-electron chi connectivity index (χ1n) is 6.01. The molecule has 0 aliphatic rings. The number of aromatic nitrogens is 1. The number of hydrogen-bond acceptors (Lipinski definition) is 4. The van der Waals surface area contributed by atoms with E-state index in [-0.39, 0.29) is 0 Å². The molecule has 1 unspecified atom stereocenters. The van der Waals surface area contributed by atoms with Crippen molar-refractivity contribution in [3.8, 4) is 0 Å². The van der Waals surface area contributed by atoms with Gasteiger partial charge in [-0.1, -0.05) is 13.8 Å². The van der Waals surface area contributed by atoms with Gasteiger partial charge in [0.1, 0.15) is 5.01 Å². The van der Waals surface area contributed by atoms with Gasteiger partial charge in [-0.2, -0.15) is 0 Å². The lowest BCUT2D eigenvalue weighted by Crippen LogP contribution is -2.13. The fourth-order valence-corrected chi connectivity index (χ4v) is 1.96. The van der Waals surface area contributed by atoms with Crippen LogP contribution in [0.2, 0.25) is 0 Å². The van der Waals surface area contributed by atoms with Gasteiger partial charge in [0.15, 0.2) is 0 Å². The van der Waals surface area contributed by atoms with Gasteiger partial charge < -0.3 is 10.1 Å². The summed E-state index contributed by atoms with van der Waals surface area (Å²) in [6.45, 7) is 8.96. The molecule has 0 aromatic carbocycles. The Balaban J connectivity index is 2.28. The zero-order valence-corrected chi connectivity index (χ0v) is 11.3. The zero-order chi connectivity index (χ0) is 11.8. The van der Waals surface area contributed by atoms with E-state index in [9.17, 15) is 0 Å². The van der Waals surface area contributed by atoms with Crippen LogP contribution < -0.4 is 5.32 Å². The minimum Gasteiger partial charge on any atom is -0.372 e. The normalized spacial score (nSPS) is 12.9. The Morgan fingerprint density at radius 1 is 1.50 bits per heavy atom. The summed E-state index contributed by atoms with van der Waals surface area (Å²) in [5.41, 5.74) is 1.05. The maximum absolute atomic E-state index is 5.64. The van der Waals surface area contributed by atoms with Crippen LogP contribution in [0.4, 0.5) is 0 Å². The largest absolute Gasteiger partial charge is 0.372 e. The summed E-state index contributed by atoms with van der Waals surface area (Å²) in [5.74, 6) is 0. The molecule has 0 spiro atoms. The van der Waals surface area contributed by atoms with E-state index >= 15 is 0 Å². The summed E-state index contributed by atoms with van der Waals surface area (Å²) in [5, 5.41) is 6.59. The molecule has 0 saturated heterocycles. The Morgan fingerprint density at radius 2 is 2.31 bits per heavy atom. The van der Waals surface area contributed by atoms with Crippen LogP contribution in [0.25, 0.3) is 0 Å². The van der Waals surface area contributed by atoms with E-state index in [4.69, 9.17) is 4.74 Å². The van der Waals surface area contributed by atoms with Crippen molar-refractivity contribution < 1.29 is 4.74 Å². The monoisotopic (exact) mass is 242 g/mol. The van der Waals surface area contributed by atoms with Crippen molar-refractivity contribution in [2.75, 3.05) is 6.54 Å². The number of rotatable bonds is 8. The van der Waals surface area contributed by atoms with E-state index in [1.54, 1.807) is 11.3 Å². The van der Waals surface area contributed by atoms with E-state index in [2.05, 4.69) is 36.5 Å². The van der Waals surface area contributed by atoms with E-state index in [1.807, 2.05) is 0 Å². The van der Waals surface area contributed by atoms with Crippen LogP contribution >= 0.6 is 11.3 Å². The second-order valence-corrected chi connectivity index (χ2v) is 4.88. The maximum atomic E-state index is 5.64. The predicted octanol–water partition coefficient (Wildman–Crippen LogP) is 2.96. The van der Waals surface area contributed by atoms with Crippen LogP contribution in [0.3, 0.4) is 0 Å². The average molecular weight is 242 g/mol. The van der Waals surface area contributed by atoms with E-state index < -0.39 is 0 Å². The molecule has 0 aliphatic carbocycles. The van der Waals surface area contributed by atoms with Gasteiger partial charge in [-0.25, -0.2) is 4.98 Å². The lowest BCUT2D eigenvalue weighted by Gasteiger charge is -2.08. The molecule has 4 heteroatoms. The SMILES string of the molecule is CCCNCc1nc(COC(C)CC)cs1. The van der Waals surface area contributed by atoms with E-state index in [0.717, 1.165) is 36.6 Å². The first kappa shape index (κ1) is 13.6. The van der Waals surface area contributed by atoms with Gasteiger partial charge in [0.25, 0.3) is 0 Å². The Morgan fingerprint density at radius 3 is 3.00 bits per heavy atom. The van der Waals surface area contributed by atoms with Gasteiger partial charge in [0.2, 0.25) is 0 Å². The molecule has 0 amide bonds. The molecular weight excluding hydrogens is 220 g/mol. The average Bonchev–Trinajstić information content (AvgIpc) is 2.74. The first-order valence-corrected chi connectivity index (χ1v) is 6.89. The van der Waals surface area contributed by atoms with Gasteiger partial charge in [-0.05, 0) is 26.3 Å². The van der Waals surface area contributed by atoms with Gasteiger partial charge in [-0.3, -0.25) is 0 Å². The summed E-state index contributed by atoms with van der Waals surface area (Å²) < 4.78 is 5.64. The van der Waals surface area contributed by atoms with Crippen molar-refractivity contribution in [1.29, 1.82) is 0 Å². The molecule has 0 saturated carbocycles. The summed E-state index contributed by atoms with van der Waals surface area (Å²) in [7, 11) is 0. The molecule has 0 bridgehead atoms. The molecule has 1 aromatic heterocycles. The number of ether oxygens (including phenoxy) is 1. The molecule has 0 radical (unpaired) electrons. The number of nitrogens with zero attached hydrogens (tertiary/aromatic N) is 1. The molecule has 0 fully saturated rings. The second-order valence-electron chi connectivity index (χ2n) is 3.94. The molecular formula is C12H22N2OS. The molecule has 0 aliphatic heterocycles. The molecule has 1 aromatic rings. The minimum atomic E-state index is 0.323. The van der Waals surface area contributed by atoms with Crippen LogP contribution in [0.5, 0.6) is 0 Å². The van der Waals surface area contributed by atoms with Gasteiger partial charge in [0, 0.05) is 11.9 Å². The molecule has 1 rings (SSSR count). The molecule has 92 valence electrons. The standard InChI is InChI=1S/C12H22N2OS/c1-4-6-13-7-12-14-11(9-16-12)8-15-10(3)5-2/h9-10,13H,4-8H2,1-3H3. The van der Waals surface area contributed by atoms with Crippen molar-refractivity contribution in [3.63, 3.8) is 0 Å². The second kappa shape index (κ2) is 7.76. The zero-order valence-electron chi connectivity index (χ0n) is 10.5. The topological polar surface area (TPSA) is 34.2 Å². The third kappa shape index (κ3) is 5.05. The van der Waals surface area contributed by atoms with E-state index in [0.29, 0.717) is 12.7 Å². The number of hydrogen-bond donors (Lipinski definition) is 1. The van der Waals surface area contributed by atoms with Crippen molar-refractivity contribution in [2.24, 2.45) is 0 Å². The Bertz CT molecular complexity index is 288. The smallest absolute Gasteiger partial charge is 0.107 e. The number of thiazole rings is 1. The van der Waals surface area contributed by atoms with Crippen molar-refractivity contribution >= 4 is 11.3 Å². The molecule has 3 nitrogen and oxygen atoms in total. The highest BCUT2D eigenvalue weighted by atomic mass is 32.1. The molecule has 16 heavy (non-hydrogen) atoms. The van der Waals surface area contributed by atoms with Gasteiger partial charge in [-0.15, -0.1) is 11.3 Å². The van der Waals surface area contributed by atoms with Crippen LogP contribution in [-0.2, 0) is 17.9 Å². The summed E-state index contributed by atoms with van der Waals surface area (Å²) in [4.78, 5) is 4.52. The Labute approximate surface area is 102 Å². The summed E-state index contributed by atoms with van der Waals surface area (Å²) >= 11 is 1.71. The van der Waals surface area contributed by atoms with Gasteiger partial charge >= 0.3 is 0 Å². The van der Waals surface area contributed by atoms with Crippen LogP contribution in [0.15, 0.2) is 5.38 Å². The minimum absolute atomic E-state index is 0.323. The summed E-state index contributed by atoms with van der Waals surface area (Å²) in [6, 6.07) is 0. The summed E-state index contributed by atoms with van der Waals surface area (Å²) in [6.07, 6.45) is 2.54. The highest BCUT2D eigenvalue weighted by Crippen LogP contribution is 2.11. The lowest BCUT2D eigenvalue weighted by molar-refractivity contribution is 0.0491. The van der Waals surface area contributed by atoms with Crippen LogP contribution in [0, 0.1) is 0 Å². The third-order valence-electron chi connectivity index (χ3n) is 2.39. The Kier molecular flexibility index (Phi) is 6.61. The Hall–Kier alpha value is -0.450. The fraction of sp³-hybridized carbons (Fsp3) is 0.750. The lowest BCUT2D eigenvalue weighted by atomic mass is 10.3. The highest BCUT2D eigenvalue weighted by molar-refractivity contribution is 7.09. The van der Waals surface area contributed by atoms with E-state index in [1.165, 1.54) is 0 Å². The third-order valence-corrected chi connectivity index (χ3v) is 3.29. The highest BCUT2D eigenvalue weighted by Gasteiger charge is 2.04. The molecule has 1 N–H and O–H groups in total. The van der Waals surface area contributed by atoms with Crippen molar-refractivity contribution in [3.05, 3.63) is 16.1 Å². The van der Waals surface area contributed by atoms with Crippen molar-refractivity contribution in [2.45, 2.75) is 52.9 Å². The fourth-order valence-electron chi connectivity index (χ4n) is 1.21. The van der Waals surface area contributed by atoms with Crippen LogP contribution in [0.1, 0.15) is 44.3 Å². The first-order chi connectivity index (χ1) is 7.76. The quantitative estimate of drug-likeness (QED) is 0.712. The maximum Gasteiger partial charge on any atom is 0.107 e. The predicted molar refractivity (Wildman–Crippen MR) is 68.7 cm³/mol. The molecule has 1 heterocycles. The number of nitrogens with one attached hydrogen (secondary N) is 1.